The molecule has 0 bridgehead atoms. The maximum Gasteiger partial charge on any atom is 0.338 e. The smallest absolute Gasteiger partial charge is 0.338 e. The molecular formula is C15H24N2O3. The molecule has 1 rings (SSSR count). The Hall–Kier alpha value is -1.59. The Labute approximate surface area is 120 Å². The number of hydrogen-bond acceptors (Lipinski definition) is 3. The first-order valence-corrected chi connectivity index (χ1v) is 6.84. The van der Waals surface area contributed by atoms with Gasteiger partial charge in [-0.25, -0.2) is 10.3 Å². The largest absolute Gasteiger partial charge is 0.396 e. The van der Waals surface area contributed by atoms with E-state index in [1.807, 2.05) is 44.2 Å². The van der Waals surface area contributed by atoms with Crippen LogP contribution in [0, 0.1) is 5.41 Å². The third-order valence-corrected chi connectivity index (χ3v) is 2.99. The van der Waals surface area contributed by atoms with E-state index < -0.39 is 0 Å². The Morgan fingerprint density at radius 2 is 2.00 bits per heavy atom. The van der Waals surface area contributed by atoms with Crippen LogP contribution in [-0.4, -0.2) is 24.3 Å². The SMILES string of the molecule is CC(C)(CO)CCCNC(=O)NOCc1ccccc1. The van der Waals surface area contributed by atoms with Gasteiger partial charge in [0.05, 0.1) is 6.61 Å². The predicted molar refractivity (Wildman–Crippen MR) is 77.9 cm³/mol. The molecule has 1 aromatic rings. The zero-order valence-corrected chi connectivity index (χ0v) is 12.2. The van der Waals surface area contributed by atoms with E-state index in [9.17, 15) is 4.79 Å². The van der Waals surface area contributed by atoms with Crippen molar-refractivity contribution in [1.82, 2.24) is 10.8 Å². The minimum atomic E-state index is -0.345. The molecule has 3 N–H and O–H groups in total. The zero-order chi connectivity index (χ0) is 14.8. The fourth-order valence-corrected chi connectivity index (χ4v) is 1.64. The lowest BCUT2D eigenvalue weighted by molar-refractivity contribution is 0.0490. The van der Waals surface area contributed by atoms with Crippen molar-refractivity contribution in [3.8, 4) is 0 Å². The van der Waals surface area contributed by atoms with Crippen molar-refractivity contribution in [2.45, 2.75) is 33.3 Å². The molecule has 0 heterocycles. The van der Waals surface area contributed by atoms with Crippen molar-refractivity contribution in [3.05, 3.63) is 35.9 Å². The van der Waals surface area contributed by atoms with E-state index in [1.165, 1.54) is 0 Å². The van der Waals surface area contributed by atoms with Gasteiger partial charge in [-0.2, -0.15) is 0 Å². The monoisotopic (exact) mass is 280 g/mol. The first-order chi connectivity index (χ1) is 9.53. The highest BCUT2D eigenvalue weighted by Gasteiger charge is 2.15. The Morgan fingerprint density at radius 1 is 1.30 bits per heavy atom. The lowest BCUT2D eigenvalue weighted by atomic mass is 9.89. The zero-order valence-electron chi connectivity index (χ0n) is 12.2. The Balaban J connectivity index is 2.06. The Bertz CT molecular complexity index is 393. The Kier molecular flexibility index (Phi) is 7.04. The molecule has 5 heteroatoms. The van der Waals surface area contributed by atoms with Crippen molar-refractivity contribution in [2.75, 3.05) is 13.2 Å². The van der Waals surface area contributed by atoms with Gasteiger partial charge in [-0.1, -0.05) is 44.2 Å². The first-order valence-electron chi connectivity index (χ1n) is 6.84. The van der Waals surface area contributed by atoms with Gasteiger partial charge in [0, 0.05) is 13.2 Å². The fraction of sp³-hybridized carbons (Fsp3) is 0.533. The van der Waals surface area contributed by atoms with Crippen LogP contribution in [0.25, 0.3) is 0 Å². The number of nitrogens with one attached hydrogen (secondary N) is 2. The van der Waals surface area contributed by atoms with Crippen LogP contribution in [0.4, 0.5) is 4.79 Å². The van der Waals surface area contributed by atoms with E-state index in [2.05, 4.69) is 10.8 Å². The molecule has 5 nitrogen and oxygen atoms in total. The second-order valence-corrected chi connectivity index (χ2v) is 5.56. The standard InChI is InChI=1S/C15H24N2O3/c1-15(2,12-18)9-6-10-16-14(19)17-20-11-13-7-4-3-5-8-13/h3-5,7-8,18H,6,9-12H2,1-2H3,(H2,16,17,19). The van der Waals surface area contributed by atoms with Crippen LogP contribution in [-0.2, 0) is 11.4 Å². The fourth-order valence-electron chi connectivity index (χ4n) is 1.64. The lowest BCUT2D eigenvalue weighted by Gasteiger charge is -2.21. The second-order valence-electron chi connectivity index (χ2n) is 5.56. The number of carbonyl (C=O) groups excluding carboxylic acids is 1. The normalized spacial score (nSPS) is 11.2. The van der Waals surface area contributed by atoms with Crippen LogP contribution in [0.1, 0.15) is 32.3 Å². The van der Waals surface area contributed by atoms with E-state index in [0.717, 1.165) is 18.4 Å². The highest BCUT2D eigenvalue weighted by atomic mass is 16.7. The van der Waals surface area contributed by atoms with Crippen LogP contribution >= 0.6 is 0 Å². The molecule has 0 aromatic heterocycles. The third kappa shape index (κ3) is 7.11. The second kappa shape index (κ2) is 8.55. The minimum absolute atomic E-state index is 0.0953. The van der Waals surface area contributed by atoms with Gasteiger partial charge in [0.25, 0.3) is 0 Å². The van der Waals surface area contributed by atoms with Gasteiger partial charge in [0.15, 0.2) is 0 Å². The summed E-state index contributed by atoms with van der Waals surface area (Å²) >= 11 is 0. The average Bonchev–Trinajstić information content (AvgIpc) is 2.45. The molecule has 0 aliphatic heterocycles. The van der Waals surface area contributed by atoms with Crippen molar-refractivity contribution < 1.29 is 14.7 Å². The summed E-state index contributed by atoms with van der Waals surface area (Å²) in [5.74, 6) is 0. The molecule has 112 valence electrons. The summed E-state index contributed by atoms with van der Waals surface area (Å²) < 4.78 is 0. The molecule has 0 fully saturated rings. The van der Waals surface area contributed by atoms with Crippen LogP contribution in [0.5, 0.6) is 0 Å². The average molecular weight is 280 g/mol. The molecule has 2 amide bonds. The Morgan fingerprint density at radius 3 is 2.65 bits per heavy atom. The molecule has 0 saturated carbocycles. The van der Waals surface area contributed by atoms with E-state index in [-0.39, 0.29) is 18.1 Å². The maximum atomic E-state index is 11.4. The van der Waals surface area contributed by atoms with Gasteiger partial charge in [0.2, 0.25) is 0 Å². The summed E-state index contributed by atoms with van der Waals surface area (Å²) in [5.41, 5.74) is 3.25. The number of rotatable bonds is 8. The number of benzene rings is 1. The van der Waals surface area contributed by atoms with Crippen LogP contribution in [0.2, 0.25) is 0 Å². The van der Waals surface area contributed by atoms with Gasteiger partial charge < -0.3 is 10.4 Å². The topological polar surface area (TPSA) is 70.6 Å². The number of hydroxylamine groups is 1. The van der Waals surface area contributed by atoms with Gasteiger partial charge in [-0.3, -0.25) is 4.84 Å². The van der Waals surface area contributed by atoms with Crippen molar-refractivity contribution in [3.63, 3.8) is 0 Å². The van der Waals surface area contributed by atoms with Gasteiger partial charge in [0.1, 0.15) is 0 Å². The molecule has 1 aromatic carbocycles. The summed E-state index contributed by atoms with van der Waals surface area (Å²) in [7, 11) is 0. The highest BCUT2D eigenvalue weighted by Crippen LogP contribution is 2.20. The van der Waals surface area contributed by atoms with Crippen molar-refractivity contribution in [2.24, 2.45) is 5.41 Å². The number of urea groups is 1. The van der Waals surface area contributed by atoms with Crippen LogP contribution in [0.3, 0.4) is 0 Å². The molecule has 20 heavy (non-hydrogen) atoms. The van der Waals surface area contributed by atoms with Crippen molar-refractivity contribution in [1.29, 1.82) is 0 Å². The molecule has 0 unspecified atom stereocenters. The summed E-state index contributed by atoms with van der Waals surface area (Å²) in [4.78, 5) is 16.5. The van der Waals surface area contributed by atoms with Crippen molar-refractivity contribution >= 4 is 6.03 Å². The number of hydrogen-bond donors (Lipinski definition) is 3. The first kappa shape index (κ1) is 16.5. The van der Waals surface area contributed by atoms with Crippen LogP contribution in [0.15, 0.2) is 30.3 Å². The number of amides is 2. The molecule has 0 radical (unpaired) electrons. The quantitative estimate of drug-likeness (QED) is 0.505. The predicted octanol–water partition coefficient (Wildman–Crippen LogP) is 2.22. The summed E-state index contributed by atoms with van der Waals surface area (Å²) in [6.45, 7) is 5.04. The molecule has 0 aliphatic rings. The van der Waals surface area contributed by atoms with E-state index >= 15 is 0 Å². The molecular weight excluding hydrogens is 256 g/mol. The minimum Gasteiger partial charge on any atom is -0.396 e. The number of aliphatic hydroxyl groups is 1. The number of aliphatic hydroxyl groups excluding tert-OH is 1. The maximum absolute atomic E-state index is 11.4. The molecule has 0 aliphatic carbocycles. The molecule has 0 saturated heterocycles. The van der Waals surface area contributed by atoms with Gasteiger partial charge in [-0.05, 0) is 23.8 Å². The third-order valence-electron chi connectivity index (χ3n) is 2.99. The number of carbonyl (C=O) groups is 1. The van der Waals surface area contributed by atoms with Gasteiger partial charge in [-0.15, -0.1) is 0 Å². The van der Waals surface area contributed by atoms with E-state index in [1.54, 1.807) is 0 Å². The van der Waals surface area contributed by atoms with Crippen LogP contribution < -0.4 is 10.8 Å². The lowest BCUT2D eigenvalue weighted by Crippen LogP contribution is -2.36. The van der Waals surface area contributed by atoms with E-state index in [4.69, 9.17) is 9.94 Å². The highest BCUT2D eigenvalue weighted by molar-refractivity contribution is 5.72. The molecule has 0 atom stereocenters. The summed E-state index contributed by atoms with van der Waals surface area (Å²) in [5, 5.41) is 11.8. The van der Waals surface area contributed by atoms with Gasteiger partial charge >= 0.3 is 6.03 Å². The van der Waals surface area contributed by atoms with E-state index in [0.29, 0.717) is 13.2 Å². The molecule has 0 spiro atoms. The summed E-state index contributed by atoms with van der Waals surface area (Å²) in [6.07, 6.45) is 1.67. The summed E-state index contributed by atoms with van der Waals surface area (Å²) in [6, 6.07) is 9.27.